The zero-order valence-corrected chi connectivity index (χ0v) is 11.1. The fourth-order valence-electron chi connectivity index (χ4n) is 0.307. The summed E-state index contributed by atoms with van der Waals surface area (Å²) in [5.41, 5.74) is 9.71. The van der Waals surface area contributed by atoms with Crippen LogP contribution in [0.25, 0.3) is 0 Å². The number of nitrogens with two attached hydrogens (primary N) is 2. The Morgan fingerprint density at radius 3 is 1.00 bits per heavy atom. The van der Waals surface area contributed by atoms with Crippen LogP contribution in [0.1, 0.15) is 0 Å². The molecule has 2 unspecified atom stereocenters. The Morgan fingerprint density at radius 1 is 0.812 bits per heavy atom. The van der Waals surface area contributed by atoms with Crippen molar-refractivity contribution in [2.45, 2.75) is 12.1 Å². The highest BCUT2D eigenvalue weighted by molar-refractivity contribution is 6.13. The van der Waals surface area contributed by atoms with Crippen LogP contribution in [0, 0.1) is 0 Å². The van der Waals surface area contributed by atoms with Crippen LogP contribution in [0.4, 0.5) is 0 Å². The number of carboxylic acids is 2. The van der Waals surface area contributed by atoms with Crippen molar-refractivity contribution < 1.29 is 36.4 Å². The maximum Gasteiger partial charge on any atom is 0.644 e. The Balaban J connectivity index is -0.000000235. The first-order valence-corrected chi connectivity index (χ1v) is 6.23. The summed E-state index contributed by atoms with van der Waals surface area (Å²) in [6, 6.07) is -3.09. The topological polar surface area (TPSA) is 208 Å². The molecule has 10 nitrogen and oxygen atoms in total. The van der Waals surface area contributed by atoms with Crippen LogP contribution in [0.15, 0.2) is 0 Å². The summed E-state index contributed by atoms with van der Waals surface area (Å²) in [6.45, 7) is 0. The summed E-state index contributed by atoms with van der Waals surface area (Å²) in [7, 11) is 0. The van der Waals surface area contributed by atoms with E-state index in [2.05, 4.69) is 0 Å². The highest BCUT2D eigenvalue weighted by Gasteiger charge is 2.26. The summed E-state index contributed by atoms with van der Waals surface area (Å²) < 4.78 is 29.1. The van der Waals surface area contributed by atoms with E-state index in [0.29, 0.717) is 0 Å². The Morgan fingerprint density at radius 2 is 0.938 bits per heavy atom. The van der Waals surface area contributed by atoms with E-state index >= 15 is 0 Å². The van der Waals surface area contributed by atoms with E-state index in [9.17, 15) is 9.59 Å². The first-order valence-electron chi connectivity index (χ1n) is 3.70. The summed E-state index contributed by atoms with van der Waals surface area (Å²) in [5, 5.41) is 16.3. The molecule has 0 aromatic rings. The van der Waals surface area contributed by atoms with Crippen molar-refractivity contribution in [3.05, 3.63) is 0 Å². The van der Waals surface area contributed by atoms with Crippen molar-refractivity contribution >= 4 is 43.7 Å². The van der Waals surface area contributed by atoms with E-state index in [1.54, 1.807) is 0 Å². The average Bonchev–Trinajstić information content (AvgIpc) is 2.17. The molecule has 0 fully saturated rings. The van der Waals surface area contributed by atoms with Gasteiger partial charge in [0.25, 0.3) is 0 Å². The lowest BCUT2D eigenvalue weighted by Gasteiger charge is -2.09. The van der Waals surface area contributed by atoms with Crippen molar-refractivity contribution in [2.75, 3.05) is 0 Å². The lowest BCUT2D eigenvalue weighted by molar-refractivity contribution is -0.146. The fraction of sp³-hybridized carbons (Fsp3) is 0.500. The molecule has 94 valence electrons. The molecule has 0 saturated heterocycles. The maximum absolute atomic E-state index is 9.98. The second-order valence-corrected chi connectivity index (χ2v) is 2.58. The SMILES string of the molecule is NC(C(=O)O)C(N)C(=O)O.[OH][AlH][OH].[OH][AlH][OH]. The number of aliphatic carboxylic acids is 2. The normalized spacial score (nSPS) is 11.6. The van der Waals surface area contributed by atoms with Crippen molar-refractivity contribution in [1.29, 1.82) is 0 Å². The minimum Gasteiger partial charge on any atom is -0.496 e. The van der Waals surface area contributed by atoms with Gasteiger partial charge >= 0.3 is 43.7 Å². The third kappa shape index (κ3) is 16.2. The van der Waals surface area contributed by atoms with Gasteiger partial charge in [0.15, 0.2) is 0 Å². The van der Waals surface area contributed by atoms with Crippen LogP contribution < -0.4 is 11.5 Å². The van der Waals surface area contributed by atoms with Gasteiger partial charge in [0.1, 0.15) is 12.1 Å². The second-order valence-electron chi connectivity index (χ2n) is 2.01. The minimum atomic E-state index is -1.58. The number of rotatable bonds is 3. The molecule has 0 saturated carbocycles. The van der Waals surface area contributed by atoms with Gasteiger partial charge in [-0.2, -0.15) is 0 Å². The summed E-state index contributed by atoms with van der Waals surface area (Å²) in [5.74, 6) is -2.84. The lowest BCUT2D eigenvalue weighted by atomic mass is 10.1. The number of carbonyl (C=O) groups is 2. The van der Waals surface area contributed by atoms with Crippen LogP contribution in [-0.2, 0) is 9.59 Å². The first kappa shape index (κ1) is 21.1. The highest BCUT2D eigenvalue weighted by Crippen LogP contribution is 1.86. The van der Waals surface area contributed by atoms with Crippen LogP contribution in [-0.4, -0.2) is 82.6 Å². The molecule has 0 aliphatic rings. The molecule has 16 heavy (non-hydrogen) atoms. The maximum atomic E-state index is 9.98. The molecular weight excluding hydrogens is 258 g/mol. The molecule has 0 bridgehead atoms. The molecule has 0 aliphatic heterocycles. The largest absolute Gasteiger partial charge is 0.644 e. The molecular formula is C4H14Al2N2O8. The van der Waals surface area contributed by atoms with E-state index in [1.165, 1.54) is 0 Å². The molecule has 0 rings (SSSR count). The average molecular weight is 272 g/mol. The number of hydrogen-bond acceptors (Lipinski definition) is 8. The smallest absolute Gasteiger partial charge is 0.496 e. The van der Waals surface area contributed by atoms with Crippen LogP contribution in [0.2, 0.25) is 0 Å². The van der Waals surface area contributed by atoms with Gasteiger partial charge in [-0.3, -0.25) is 9.59 Å². The zero-order valence-electron chi connectivity index (χ0n) is 8.22. The van der Waals surface area contributed by atoms with Crippen molar-refractivity contribution in [3.63, 3.8) is 0 Å². The van der Waals surface area contributed by atoms with E-state index in [1.807, 2.05) is 0 Å². The molecule has 0 aromatic carbocycles. The van der Waals surface area contributed by atoms with Crippen molar-refractivity contribution in [2.24, 2.45) is 11.5 Å². The molecule has 12 heteroatoms. The molecule has 0 spiro atoms. The van der Waals surface area contributed by atoms with Crippen molar-refractivity contribution in [1.82, 2.24) is 0 Å². The van der Waals surface area contributed by atoms with Gasteiger partial charge in [-0.05, 0) is 0 Å². The lowest BCUT2D eigenvalue weighted by Crippen LogP contribution is -2.51. The van der Waals surface area contributed by atoms with E-state index in [0.717, 1.165) is 0 Å². The van der Waals surface area contributed by atoms with Gasteiger partial charge in [-0.15, -0.1) is 0 Å². The highest BCUT2D eigenvalue weighted by atomic mass is 27.2. The van der Waals surface area contributed by atoms with Gasteiger partial charge in [0.2, 0.25) is 0 Å². The Kier molecular flexibility index (Phi) is 19.5. The standard InChI is InChI=1S/C4H8N2O4.2Al.4H2O.2H/c5-1(3(7)8)2(6)4(9)10;;;;;;;;/h1-2H,5-6H2,(H,7,8)(H,9,10);;;4*1H2;;/q;2*+2;;;;;;/p-4. The van der Waals surface area contributed by atoms with Gasteiger partial charge in [0, 0.05) is 0 Å². The monoisotopic (exact) mass is 272 g/mol. The third-order valence-electron chi connectivity index (χ3n) is 0.957. The molecule has 0 radical (unpaired) electrons. The Bertz CT molecular complexity index is 173. The third-order valence-corrected chi connectivity index (χ3v) is 0.957. The Labute approximate surface area is 104 Å². The van der Waals surface area contributed by atoms with Crippen molar-refractivity contribution in [3.8, 4) is 0 Å². The van der Waals surface area contributed by atoms with E-state index in [4.69, 9.17) is 38.3 Å². The molecule has 10 N–H and O–H groups in total. The molecule has 0 aromatic heterocycles. The van der Waals surface area contributed by atoms with Gasteiger partial charge in [0.05, 0.1) is 0 Å². The summed E-state index contributed by atoms with van der Waals surface area (Å²) >= 11 is -3.17. The Hall–Kier alpha value is -0.235. The quantitative estimate of drug-likeness (QED) is 0.228. The molecule has 0 amide bonds. The first-order chi connectivity index (χ1) is 7.29. The zero-order chi connectivity index (χ0) is 13.7. The predicted octanol–water partition coefficient (Wildman–Crippen LogP) is -5.71. The van der Waals surface area contributed by atoms with E-state index in [-0.39, 0.29) is 0 Å². The van der Waals surface area contributed by atoms with Gasteiger partial charge in [-0.25, -0.2) is 0 Å². The number of hydrogen-bond donors (Lipinski definition) is 8. The molecule has 0 heterocycles. The van der Waals surface area contributed by atoms with Crippen LogP contribution >= 0.6 is 0 Å². The van der Waals surface area contributed by atoms with Crippen LogP contribution in [0.5, 0.6) is 0 Å². The van der Waals surface area contributed by atoms with E-state index < -0.39 is 55.8 Å². The predicted molar refractivity (Wildman–Crippen MR) is 54.4 cm³/mol. The fourth-order valence-corrected chi connectivity index (χ4v) is 0.307. The summed E-state index contributed by atoms with van der Waals surface area (Å²) in [6.07, 6.45) is 0. The minimum absolute atomic E-state index is 1.42. The number of carboxylic acid groups (broad SMARTS) is 2. The summed E-state index contributed by atoms with van der Waals surface area (Å²) in [4.78, 5) is 20.0. The molecule has 2 atom stereocenters. The van der Waals surface area contributed by atoms with Crippen LogP contribution in [0.3, 0.4) is 0 Å². The second kappa shape index (κ2) is 14.8. The molecule has 0 aliphatic carbocycles. The van der Waals surface area contributed by atoms with Gasteiger partial charge < -0.3 is 38.3 Å². The van der Waals surface area contributed by atoms with Gasteiger partial charge in [-0.1, -0.05) is 0 Å².